The van der Waals surface area contributed by atoms with E-state index in [2.05, 4.69) is 0 Å². The maximum atomic E-state index is 13.3. The number of halogens is 1. The number of carbonyl (C=O) groups is 1. The minimum atomic E-state index is -1.14. The molecule has 0 aliphatic heterocycles. The summed E-state index contributed by atoms with van der Waals surface area (Å²) in [6.07, 6.45) is 0. The fraction of sp³-hybridized carbons (Fsp3) is 0.0714. The summed E-state index contributed by atoms with van der Waals surface area (Å²) in [6, 6.07) is 8.21. The van der Waals surface area contributed by atoms with Crippen molar-refractivity contribution in [3.8, 4) is 22.6 Å². The first-order valence-electron chi connectivity index (χ1n) is 5.43. The van der Waals surface area contributed by atoms with E-state index in [-0.39, 0.29) is 5.56 Å². The summed E-state index contributed by atoms with van der Waals surface area (Å²) in [7, 11) is 1.43. The molecule has 2 aromatic rings. The summed E-state index contributed by atoms with van der Waals surface area (Å²) in [5.74, 6) is -2.01. The molecular weight excluding hydrogens is 251 g/mol. The Kier molecular flexibility index (Phi) is 3.37. The highest BCUT2D eigenvalue weighted by molar-refractivity contribution is 5.96. The molecule has 0 radical (unpaired) electrons. The SMILES string of the molecule is COc1ccc(-c2ccc(O)c(F)c2)c(C(=O)O)c1. The number of phenolic OH excluding ortho intramolecular Hbond substituents is 1. The highest BCUT2D eigenvalue weighted by atomic mass is 19.1. The molecule has 0 bridgehead atoms. The second-order valence-corrected chi connectivity index (χ2v) is 3.88. The molecule has 2 aromatic carbocycles. The molecular formula is C14H11FO4. The Morgan fingerprint density at radius 2 is 1.95 bits per heavy atom. The maximum Gasteiger partial charge on any atom is 0.336 e. The van der Waals surface area contributed by atoms with Crippen molar-refractivity contribution in [1.82, 2.24) is 0 Å². The van der Waals surface area contributed by atoms with Gasteiger partial charge in [-0.05, 0) is 41.5 Å². The molecule has 0 saturated heterocycles. The van der Waals surface area contributed by atoms with Crippen LogP contribution in [0.25, 0.3) is 11.1 Å². The molecule has 0 aliphatic carbocycles. The van der Waals surface area contributed by atoms with Crippen LogP contribution in [-0.2, 0) is 0 Å². The summed E-state index contributed by atoms with van der Waals surface area (Å²) < 4.78 is 18.3. The normalized spacial score (nSPS) is 10.2. The molecule has 4 nitrogen and oxygen atoms in total. The lowest BCUT2D eigenvalue weighted by atomic mass is 9.99. The number of methoxy groups -OCH3 is 1. The molecule has 0 saturated carbocycles. The number of carboxylic acid groups (broad SMARTS) is 1. The van der Waals surface area contributed by atoms with E-state index in [0.29, 0.717) is 16.9 Å². The molecule has 0 atom stereocenters. The van der Waals surface area contributed by atoms with Gasteiger partial charge >= 0.3 is 5.97 Å². The molecule has 0 aromatic heterocycles. The molecule has 2 rings (SSSR count). The zero-order chi connectivity index (χ0) is 14.0. The first kappa shape index (κ1) is 12.9. The topological polar surface area (TPSA) is 66.8 Å². The van der Waals surface area contributed by atoms with E-state index in [0.717, 1.165) is 6.07 Å². The Bertz CT molecular complexity index is 637. The molecule has 0 aliphatic rings. The highest BCUT2D eigenvalue weighted by Gasteiger charge is 2.14. The first-order valence-corrected chi connectivity index (χ1v) is 5.43. The average molecular weight is 262 g/mol. The Morgan fingerprint density at radius 1 is 1.21 bits per heavy atom. The Morgan fingerprint density at radius 3 is 2.53 bits per heavy atom. The van der Waals surface area contributed by atoms with Crippen molar-refractivity contribution < 1.29 is 24.1 Å². The maximum absolute atomic E-state index is 13.3. The van der Waals surface area contributed by atoms with Crippen LogP contribution in [0.2, 0.25) is 0 Å². The van der Waals surface area contributed by atoms with Gasteiger partial charge in [0.2, 0.25) is 0 Å². The second-order valence-electron chi connectivity index (χ2n) is 3.88. The third-order valence-electron chi connectivity index (χ3n) is 2.72. The van der Waals surface area contributed by atoms with Crippen LogP contribution >= 0.6 is 0 Å². The van der Waals surface area contributed by atoms with Crippen LogP contribution in [0.1, 0.15) is 10.4 Å². The lowest BCUT2D eigenvalue weighted by Gasteiger charge is -2.09. The third kappa shape index (κ3) is 2.49. The van der Waals surface area contributed by atoms with Gasteiger partial charge in [0.05, 0.1) is 12.7 Å². The number of aromatic hydroxyl groups is 1. The molecule has 5 heteroatoms. The van der Waals surface area contributed by atoms with Crippen LogP contribution in [0, 0.1) is 5.82 Å². The smallest absolute Gasteiger partial charge is 0.336 e. The van der Waals surface area contributed by atoms with E-state index in [1.54, 1.807) is 6.07 Å². The van der Waals surface area contributed by atoms with E-state index in [9.17, 15) is 14.3 Å². The van der Waals surface area contributed by atoms with Gasteiger partial charge in [-0.2, -0.15) is 0 Å². The Labute approximate surface area is 108 Å². The highest BCUT2D eigenvalue weighted by Crippen LogP contribution is 2.30. The standard InChI is InChI=1S/C14H11FO4/c1-19-9-3-4-10(11(7-9)14(17)18)8-2-5-13(16)12(15)6-8/h2-7,16H,1H3,(H,17,18). The van der Waals surface area contributed by atoms with E-state index in [4.69, 9.17) is 9.84 Å². The van der Waals surface area contributed by atoms with Gasteiger partial charge in [-0.1, -0.05) is 6.07 Å². The number of aromatic carboxylic acids is 1. The predicted octanol–water partition coefficient (Wildman–Crippen LogP) is 2.91. The first-order chi connectivity index (χ1) is 9.02. The molecule has 98 valence electrons. The van der Waals surface area contributed by atoms with Gasteiger partial charge in [0.15, 0.2) is 11.6 Å². The number of benzene rings is 2. The van der Waals surface area contributed by atoms with Crippen molar-refractivity contribution in [1.29, 1.82) is 0 Å². The minimum absolute atomic E-state index is 0.00411. The van der Waals surface area contributed by atoms with Crippen molar-refractivity contribution in [2.75, 3.05) is 7.11 Å². The molecule has 0 spiro atoms. The number of hydrogen-bond donors (Lipinski definition) is 2. The van der Waals surface area contributed by atoms with Gasteiger partial charge < -0.3 is 14.9 Å². The van der Waals surface area contributed by atoms with Gasteiger partial charge in [-0.25, -0.2) is 9.18 Å². The molecule has 0 amide bonds. The number of phenols is 1. The molecule has 19 heavy (non-hydrogen) atoms. The van der Waals surface area contributed by atoms with Crippen LogP contribution in [-0.4, -0.2) is 23.3 Å². The van der Waals surface area contributed by atoms with Crippen molar-refractivity contribution in [2.45, 2.75) is 0 Å². The predicted molar refractivity (Wildman–Crippen MR) is 67.0 cm³/mol. The number of ether oxygens (including phenoxy) is 1. The quantitative estimate of drug-likeness (QED) is 0.892. The van der Waals surface area contributed by atoms with Crippen molar-refractivity contribution >= 4 is 5.97 Å². The van der Waals surface area contributed by atoms with E-state index in [1.165, 1.54) is 31.4 Å². The van der Waals surface area contributed by atoms with Crippen LogP contribution in [0.15, 0.2) is 36.4 Å². The van der Waals surface area contributed by atoms with Crippen molar-refractivity contribution in [2.24, 2.45) is 0 Å². The van der Waals surface area contributed by atoms with Crippen LogP contribution in [0.3, 0.4) is 0 Å². The Balaban J connectivity index is 2.60. The van der Waals surface area contributed by atoms with Crippen LogP contribution in [0.5, 0.6) is 11.5 Å². The van der Waals surface area contributed by atoms with Gasteiger partial charge in [0.1, 0.15) is 5.75 Å². The molecule has 2 N–H and O–H groups in total. The third-order valence-corrected chi connectivity index (χ3v) is 2.72. The number of hydrogen-bond acceptors (Lipinski definition) is 3. The molecule has 0 unspecified atom stereocenters. The summed E-state index contributed by atoms with van der Waals surface area (Å²) in [4.78, 5) is 11.2. The Hall–Kier alpha value is -2.56. The molecule has 0 heterocycles. The largest absolute Gasteiger partial charge is 0.505 e. The van der Waals surface area contributed by atoms with Gasteiger partial charge in [-0.15, -0.1) is 0 Å². The number of rotatable bonds is 3. The number of carboxylic acids is 1. The van der Waals surface area contributed by atoms with E-state index >= 15 is 0 Å². The summed E-state index contributed by atoms with van der Waals surface area (Å²) in [5.41, 5.74) is 0.729. The van der Waals surface area contributed by atoms with Crippen LogP contribution in [0.4, 0.5) is 4.39 Å². The average Bonchev–Trinajstić information content (AvgIpc) is 2.41. The zero-order valence-electron chi connectivity index (χ0n) is 10.1. The lowest BCUT2D eigenvalue weighted by Crippen LogP contribution is -2.00. The van der Waals surface area contributed by atoms with E-state index in [1.807, 2.05) is 0 Å². The van der Waals surface area contributed by atoms with Crippen LogP contribution < -0.4 is 4.74 Å². The van der Waals surface area contributed by atoms with Crippen molar-refractivity contribution in [3.63, 3.8) is 0 Å². The second kappa shape index (κ2) is 4.97. The fourth-order valence-corrected chi connectivity index (χ4v) is 1.75. The fourth-order valence-electron chi connectivity index (χ4n) is 1.75. The zero-order valence-corrected chi connectivity index (χ0v) is 10.1. The van der Waals surface area contributed by atoms with Gasteiger partial charge in [0.25, 0.3) is 0 Å². The monoisotopic (exact) mass is 262 g/mol. The summed E-state index contributed by atoms with van der Waals surface area (Å²) >= 11 is 0. The minimum Gasteiger partial charge on any atom is -0.505 e. The van der Waals surface area contributed by atoms with Gasteiger partial charge in [0, 0.05) is 0 Å². The summed E-state index contributed by atoms with van der Waals surface area (Å²) in [6.45, 7) is 0. The molecule has 0 fully saturated rings. The lowest BCUT2D eigenvalue weighted by molar-refractivity contribution is 0.0697. The van der Waals surface area contributed by atoms with E-state index < -0.39 is 17.5 Å². The van der Waals surface area contributed by atoms with Gasteiger partial charge in [-0.3, -0.25) is 0 Å². The van der Waals surface area contributed by atoms with Crippen molar-refractivity contribution in [3.05, 3.63) is 47.8 Å². The summed E-state index contributed by atoms with van der Waals surface area (Å²) in [5, 5.41) is 18.3.